The van der Waals surface area contributed by atoms with Gasteiger partial charge in [-0.25, -0.2) is 5.43 Å². The van der Waals surface area contributed by atoms with E-state index < -0.39 is 0 Å². The maximum atomic E-state index is 12.0. The highest BCUT2D eigenvalue weighted by Gasteiger charge is 2.08. The molecule has 4 nitrogen and oxygen atoms in total. The minimum Gasteiger partial charge on any atom is -0.496 e. The maximum absolute atomic E-state index is 12.0. The number of hydrazine groups is 1. The molecule has 3 aromatic rings. The summed E-state index contributed by atoms with van der Waals surface area (Å²) in [4.78, 5) is 12.0. The van der Waals surface area contributed by atoms with Crippen LogP contribution in [0.3, 0.4) is 0 Å². The summed E-state index contributed by atoms with van der Waals surface area (Å²) < 4.78 is 5.46. The molecule has 0 saturated carbocycles. The van der Waals surface area contributed by atoms with E-state index in [-0.39, 0.29) is 5.91 Å². The van der Waals surface area contributed by atoms with Crippen LogP contribution in [-0.2, 0) is 17.8 Å². The maximum Gasteiger partial charge on any atom is 0.234 e. The molecule has 25 heavy (non-hydrogen) atoms. The fourth-order valence-corrected chi connectivity index (χ4v) is 2.89. The van der Waals surface area contributed by atoms with Gasteiger partial charge in [0.15, 0.2) is 0 Å². The summed E-state index contributed by atoms with van der Waals surface area (Å²) in [6.07, 6.45) is 1.18. The molecule has 0 aromatic heterocycles. The van der Waals surface area contributed by atoms with E-state index in [1.165, 1.54) is 0 Å². The molecule has 0 unspecified atom stereocenters. The van der Waals surface area contributed by atoms with E-state index in [9.17, 15) is 4.79 Å². The number of fused-ring (bicyclic) bond motifs is 1. The first-order chi connectivity index (χ1) is 12.3. The predicted molar refractivity (Wildman–Crippen MR) is 100 cm³/mol. The lowest BCUT2D eigenvalue weighted by atomic mass is 10.0. The van der Waals surface area contributed by atoms with Crippen LogP contribution >= 0.6 is 0 Å². The summed E-state index contributed by atoms with van der Waals surface area (Å²) in [6, 6.07) is 22.1. The third kappa shape index (κ3) is 4.37. The number of hydrogen-bond donors (Lipinski definition) is 2. The van der Waals surface area contributed by atoms with Gasteiger partial charge in [-0.1, -0.05) is 60.7 Å². The highest BCUT2D eigenvalue weighted by atomic mass is 16.5. The Morgan fingerprint density at radius 1 is 0.960 bits per heavy atom. The Morgan fingerprint density at radius 3 is 2.52 bits per heavy atom. The van der Waals surface area contributed by atoms with Crippen molar-refractivity contribution >= 4 is 16.7 Å². The van der Waals surface area contributed by atoms with Crippen molar-refractivity contribution in [3.8, 4) is 5.75 Å². The number of rotatable bonds is 7. The molecule has 3 rings (SSSR count). The topological polar surface area (TPSA) is 50.4 Å². The molecule has 4 heteroatoms. The molecule has 0 aliphatic carbocycles. The Bertz CT molecular complexity index is 847. The molecule has 1 amide bonds. The summed E-state index contributed by atoms with van der Waals surface area (Å²) >= 11 is 0. The minimum atomic E-state index is -0.0249. The summed E-state index contributed by atoms with van der Waals surface area (Å²) in [5, 5.41) is 2.27. The standard InChI is InChI=1S/C21H22N2O2/c1-25-20-13-12-17-9-5-6-10-18(17)19(20)15-22-23-21(24)14-11-16-7-3-2-4-8-16/h2-10,12-13,22H,11,14-15H2,1H3,(H,23,24). The van der Waals surface area contributed by atoms with E-state index in [1.54, 1.807) is 7.11 Å². The van der Waals surface area contributed by atoms with Crippen LogP contribution in [0.4, 0.5) is 0 Å². The molecule has 128 valence electrons. The second kappa shape index (κ2) is 8.31. The van der Waals surface area contributed by atoms with Crippen LogP contribution in [-0.4, -0.2) is 13.0 Å². The van der Waals surface area contributed by atoms with Crippen molar-refractivity contribution in [1.29, 1.82) is 0 Å². The molecular formula is C21H22N2O2. The van der Waals surface area contributed by atoms with Crippen LogP contribution in [0.1, 0.15) is 17.5 Å². The van der Waals surface area contributed by atoms with Gasteiger partial charge in [0.1, 0.15) is 5.75 Å². The third-order valence-electron chi connectivity index (χ3n) is 4.19. The smallest absolute Gasteiger partial charge is 0.234 e. The lowest BCUT2D eigenvalue weighted by Crippen LogP contribution is -2.37. The molecule has 0 atom stereocenters. The van der Waals surface area contributed by atoms with Crippen molar-refractivity contribution < 1.29 is 9.53 Å². The Labute approximate surface area is 147 Å². The van der Waals surface area contributed by atoms with Gasteiger partial charge in [-0.3, -0.25) is 10.2 Å². The summed E-state index contributed by atoms with van der Waals surface area (Å²) in [7, 11) is 1.66. The van der Waals surface area contributed by atoms with Crippen molar-refractivity contribution in [2.24, 2.45) is 0 Å². The molecule has 0 radical (unpaired) electrons. The highest BCUT2D eigenvalue weighted by molar-refractivity contribution is 5.87. The van der Waals surface area contributed by atoms with Gasteiger partial charge in [0, 0.05) is 18.5 Å². The average molecular weight is 334 g/mol. The summed E-state index contributed by atoms with van der Waals surface area (Å²) in [5.74, 6) is 0.785. The van der Waals surface area contributed by atoms with E-state index in [1.807, 2.05) is 54.6 Å². The van der Waals surface area contributed by atoms with Gasteiger partial charge in [-0.15, -0.1) is 0 Å². The quantitative estimate of drug-likeness (QED) is 0.649. The number of carbonyl (C=O) groups is 1. The number of nitrogens with one attached hydrogen (secondary N) is 2. The van der Waals surface area contributed by atoms with Gasteiger partial charge in [-0.05, 0) is 28.8 Å². The number of aryl methyl sites for hydroxylation is 1. The lowest BCUT2D eigenvalue weighted by molar-refractivity contribution is -0.122. The first kappa shape index (κ1) is 17.0. The van der Waals surface area contributed by atoms with Gasteiger partial charge in [-0.2, -0.15) is 0 Å². The zero-order valence-electron chi connectivity index (χ0n) is 14.3. The first-order valence-corrected chi connectivity index (χ1v) is 8.38. The monoisotopic (exact) mass is 334 g/mol. The normalized spacial score (nSPS) is 10.6. The van der Waals surface area contributed by atoms with Crippen LogP contribution in [0, 0.1) is 0 Å². The van der Waals surface area contributed by atoms with Gasteiger partial charge < -0.3 is 4.74 Å². The molecule has 0 spiro atoms. The fourth-order valence-electron chi connectivity index (χ4n) is 2.89. The summed E-state index contributed by atoms with van der Waals surface area (Å²) in [5.41, 5.74) is 7.99. The third-order valence-corrected chi connectivity index (χ3v) is 4.19. The van der Waals surface area contributed by atoms with Crippen molar-refractivity contribution in [2.45, 2.75) is 19.4 Å². The molecule has 3 aromatic carbocycles. The van der Waals surface area contributed by atoms with Crippen molar-refractivity contribution in [1.82, 2.24) is 10.9 Å². The minimum absolute atomic E-state index is 0.0249. The zero-order valence-corrected chi connectivity index (χ0v) is 14.3. The van der Waals surface area contributed by atoms with Gasteiger partial charge in [0.2, 0.25) is 5.91 Å². The number of benzene rings is 3. The summed E-state index contributed by atoms with van der Waals surface area (Å²) in [6.45, 7) is 0.502. The van der Waals surface area contributed by atoms with E-state index in [0.29, 0.717) is 13.0 Å². The molecular weight excluding hydrogens is 312 g/mol. The number of methoxy groups -OCH3 is 1. The lowest BCUT2D eigenvalue weighted by Gasteiger charge is -2.13. The van der Waals surface area contributed by atoms with Crippen molar-refractivity contribution in [3.05, 3.63) is 77.9 Å². The molecule has 0 heterocycles. The molecule has 0 saturated heterocycles. The Kier molecular flexibility index (Phi) is 5.65. The van der Waals surface area contributed by atoms with Crippen molar-refractivity contribution in [3.63, 3.8) is 0 Å². The second-order valence-electron chi connectivity index (χ2n) is 5.85. The number of amides is 1. The van der Waals surface area contributed by atoms with E-state index >= 15 is 0 Å². The van der Waals surface area contributed by atoms with E-state index in [4.69, 9.17) is 4.74 Å². The molecule has 0 bridgehead atoms. The zero-order chi connectivity index (χ0) is 17.5. The van der Waals surface area contributed by atoms with E-state index in [0.717, 1.165) is 34.1 Å². The van der Waals surface area contributed by atoms with Crippen LogP contribution < -0.4 is 15.6 Å². The van der Waals surface area contributed by atoms with Gasteiger partial charge in [0.05, 0.1) is 7.11 Å². The van der Waals surface area contributed by atoms with E-state index in [2.05, 4.69) is 23.0 Å². The Hall–Kier alpha value is -2.85. The highest BCUT2D eigenvalue weighted by Crippen LogP contribution is 2.27. The van der Waals surface area contributed by atoms with Crippen LogP contribution in [0.2, 0.25) is 0 Å². The first-order valence-electron chi connectivity index (χ1n) is 8.38. The Morgan fingerprint density at radius 2 is 1.72 bits per heavy atom. The second-order valence-corrected chi connectivity index (χ2v) is 5.85. The fraction of sp³-hybridized carbons (Fsp3) is 0.190. The van der Waals surface area contributed by atoms with Crippen LogP contribution in [0.5, 0.6) is 5.75 Å². The molecule has 2 N–H and O–H groups in total. The van der Waals surface area contributed by atoms with Crippen LogP contribution in [0.15, 0.2) is 66.7 Å². The largest absolute Gasteiger partial charge is 0.496 e. The predicted octanol–water partition coefficient (Wildman–Crippen LogP) is 3.60. The Balaban J connectivity index is 1.58. The number of hydrogen-bond acceptors (Lipinski definition) is 3. The van der Waals surface area contributed by atoms with Gasteiger partial charge >= 0.3 is 0 Å². The van der Waals surface area contributed by atoms with Crippen molar-refractivity contribution in [2.75, 3.05) is 7.11 Å². The van der Waals surface area contributed by atoms with Crippen LogP contribution in [0.25, 0.3) is 10.8 Å². The molecule has 0 fully saturated rings. The average Bonchev–Trinajstić information content (AvgIpc) is 2.67. The molecule has 0 aliphatic rings. The SMILES string of the molecule is COc1ccc2ccccc2c1CNNC(=O)CCc1ccccc1. The molecule has 0 aliphatic heterocycles. The number of carbonyl (C=O) groups excluding carboxylic acids is 1. The van der Waals surface area contributed by atoms with Gasteiger partial charge in [0.25, 0.3) is 0 Å². The number of ether oxygens (including phenoxy) is 1.